The van der Waals surface area contributed by atoms with Gasteiger partial charge in [0.1, 0.15) is 46.4 Å². The van der Waals surface area contributed by atoms with Gasteiger partial charge in [-0.1, -0.05) is 11.2 Å². The van der Waals surface area contributed by atoms with Crippen LogP contribution in [0.15, 0.2) is 41.1 Å². The molecular weight excluding hydrogens is 1070 g/mol. The third kappa shape index (κ3) is 16.5. The van der Waals surface area contributed by atoms with Crippen LogP contribution in [0, 0.1) is 5.92 Å². The summed E-state index contributed by atoms with van der Waals surface area (Å²) in [6.07, 6.45) is 0.250. The van der Waals surface area contributed by atoms with Crippen molar-refractivity contribution in [2.75, 3.05) is 25.0 Å². The van der Waals surface area contributed by atoms with Gasteiger partial charge in [-0.15, -0.1) is 16.0 Å². The highest BCUT2D eigenvalue weighted by molar-refractivity contribution is 7.80. The highest BCUT2D eigenvalue weighted by Crippen LogP contribution is 2.38. The Hall–Kier alpha value is -6.62. The summed E-state index contributed by atoms with van der Waals surface area (Å²) in [4.78, 5) is 91.6. The number of nitrogens with zero attached hydrogens (tertiary/aromatic N) is 6. The molecule has 6 rings (SSSR count). The van der Waals surface area contributed by atoms with Crippen molar-refractivity contribution < 1.29 is 84.3 Å². The van der Waals surface area contributed by atoms with E-state index in [0.717, 1.165) is 28.0 Å². The lowest BCUT2D eigenvalue weighted by molar-refractivity contribution is -0.782. The molecule has 5 amide bonds. The van der Waals surface area contributed by atoms with Crippen LogP contribution < -0.4 is 25.4 Å². The SMILES string of the molecule is CC(C)(C)OC(=O)NCC(O)Cn1cc(-c2ccc3c(c2)CC[C@H](C(C)(O/N=C(\C(=O)N[C@@H]2C(=O)N(OS(=O)(=O)[O-])C2(C)C)c2csc(NC(=O)OC(C)(C)C)n2)C(=O)OC(C)(C)C)O3)c[n+]1CC1CN(C(=O)OC(C)(C)C)C1. The predicted molar refractivity (Wildman–Crippen MR) is 282 cm³/mol. The average Bonchev–Trinajstić information content (AvgIpc) is 3.90. The number of hydroxylamine groups is 2. The Balaban J connectivity index is 1.28. The lowest BCUT2D eigenvalue weighted by Gasteiger charge is -2.51. The molecule has 2 unspecified atom stereocenters. The third-order valence-electron chi connectivity index (χ3n) is 12.0. The molecular formula is C51H73N9O17S2. The molecule has 4 atom stereocenters. The van der Waals surface area contributed by atoms with Gasteiger partial charge in [0.15, 0.2) is 23.5 Å². The van der Waals surface area contributed by atoms with Crippen LogP contribution in [-0.4, -0.2) is 151 Å². The van der Waals surface area contributed by atoms with E-state index in [-0.39, 0.29) is 36.3 Å². The van der Waals surface area contributed by atoms with E-state index in [1.54, 1.807) is 94.1 Å². The van der Waals surface area contributed by atoms with Crippen LogP contribution in [0.5, 0.6) is 5.75 Å². The number of aromatic nitrogens is 3. The number of ether oxygens (including phenoxy) is 5. The number of fused-ring (bicyclic) bond motifs is 1. The number of aliphatic hydroxyl groups is 1. The molecule has 0 aliphatic carbocycles. The average molecular weight is 1150 g/mol. The van der Waals surface area contributed by atoms with Gasteiger partial charge >= 0.3 is 24.2 Å². The van der Waals surface area contributed by atoms with E-state index in [1.165, 1.54) is 26.2 Å². The summed E-state index contributed by atoms with van der Waals surface area (Å²) in [7, 11) is -5.38. The molecule has 26 nitrogen and oxygen atoms in total. The summed E-state index contributed by atoms with van der Waals surface area (Å²) in [6, 6.07) is 4.02. The molecule has 4 N–H and O–H groups in total. The zero-order valence-electron chi connectivity index (χ0n) is 47.2. The molecule has 3 aliphatic rings. The second kappa shape index (κ2) is 22.9. The molecule has 28 heteroatoms. The van der Waals surface area contributed by atoms with E-state index < -0.39 is 104 Å². The van der Waals surface area contributed by atoms with Crippen molar-refractivity contribution in [3.05, 3.63) is 47.2 Å². The van der Waals surface area contributed by atoms with Crippen molar-refractivity contribution >= 4 is 68.6 Å². The van der Waals surface area contributed by atoms with Crippen LogP contribution in [0.1, 0.15) is 122 Å². The number of anilines is 1. The van der Waals surface area contributed by atoms with Gasteiger partial charge in [0, 0.05) is 25.0 Å². The van der Waals surface area contributed by atoms with Gasteiger partial charge in [0.05, 0.1) is 29.3 Å². The molecule has 2 fully saturated rings. The smallest absolute Gasteiger partial charge is 0.413 e. The van der Waals surface area contributed by atoms with Gasteiger partial charge in [-0.3, -0.25) is 14.9 Å². The minimum atomic E-state index is -5.38. The largest absolute Gasteiger partial charge is 0.724 e. The number of likely N-dealkylation sites (tertiary alicyclic amines) is 1. The number of amides is 5. The van der Waals surface area contributed by atoms with Crippen molar-refractivity contribution in [3.63, 3.8) is 0 Å². The first-order valence-electron chi connectivity index (χ1n) is 25.5. The zero-order chi connectivity index (χ0) is 59.0. The predicted octanol–water partition coefficient (Wildman–Crippen LogP) is 4.71. The van der Waals surface area contributed by atoms with Gasteiger partial charge in [0.25, 0.3) is 17.4 Å². The number of aliphatic hydroxyl groups excluding tert-OH is 1. The van der Waals surface area contributed by atoms with Crippen molar-refractivity contribution in [2.24, 2.45) is 11.1 Å². The quantitative estimate of drug-likeness (QED) is 0.0208. The fourth-order valence-corrected chi connectivity index (χ4v) is 9.47. The molecule has 2 saturated heterocycles. The highest BCUT2D eigenvalue weighted by atomic mass is 32.3. The second-order valence-electron chi connectivity index (χ2n) is 24.2. The minimum Gasteiger partial charge on any atom is -0.724 e. The number of oxime groups is 1. The number of hydrogen-bond acceptors (Lipinski definition) is 20. The number of rotatable bonds is 17. The number of nitrogens with one attached hydrogen (secondary N) is 3. The summed E-state index contributed by atoms with van der Waals surface area (Å²) < 4.78 is 71.0. The van der Waals surface area contributed by atoms with E-state index in [0.29, 0.717) is 36.9 Å². The number of carbonyl (C=O) groups excluding carboxylic acids is 6. The van der Waals surface area contributed by atoms with E-state index >= 15 is 0 Å². The van der Waals surface area contributed by atoms with Crippen molar-refractivity contribution in [1.29, 1.82) is 0 Å². The number of carbonyl (C=O) groups is 6. The number of esters is 1. The van der Waals surface area contributed by atoms with Crippen LogP contribution in [-0.2, 0) is 72.4 Å². The Morgan fingerprint density at radius 2 is 1.54 bits per heavy atom. The van der Waals surface area contributed by atoms with Gasteiger partial charge in [-0.25, -0.2) is 32.6 Å². The van der Waals surface area contributed by atoms with E-state index in [9.17, 15) is 46.8 Å². The van der Waals surface area contributed by atoms with Crippen LogP contribution in [0.2, 0.25) is 0 Å². The number of β-lactam (4-membered cyclic amide) rings is 1. The Morgan fingerprint density at radius 1 is 0.924 bits per heavy atom. The van der Waals surface area contributed by atoms with Crippen molar-refractivity contribution in [2.45, 2.75) is 182 Å². The number of benzene rings is 1. The fraction of sp³-hybridized carbons (Fsp3) is 0.627. The first-order valence-corrected chi connectivity index (χ1v) is 27.7. The van der Waals surface area contributed by atoms with Gasteiger partial charge < -0.3 is 53.7 Å². The Kier molecular flexibility index (Phi) is 17.8. The molecule has 3 aromatic rings. The van der Waals surface area contributed by atoms with Crippen LogP contribution in [0.4, 0.5) is 19.5 Å². The maximum Gasteiger partial charge on any atom is 0.413 e. The fourth-order valence-electron chi connectivity index (χ4n) is 8.34. The molecule has 3 aliphatic heterocycles. The number of hydrogen-bond donors (Lipinski definition) is 4. The van der Waals surface area contributed by atoms with Crippen LogP contribution in [0.25, 0.3) is 11.1 Å². The van der Waals surface area contributed by atoms with Gasteiger partial charge in [-0.05, 0) is 140 Å². The molecule has 1 aromatic carbocycles. The van der Waals surface area contributed by atoms with Crippen LogP contribution >= 0.6 is 11.3 Å². The molecule has 0 bridgehead atoms. The standard InChI is InChI=1S/C51H73N9O17S2/c1-46(2,3)72-41(64)51(15,76-56-37(34-28-78-42(53-34)55-44(66)74-48(7,8)9)39(62)54-38-40(63)60(50(38,13)14)77-79(68,69)70)36-19-17-31-20-30(16-18-35(31)71-36)32-25-58(24-29-22-57(23-29)45(67)75-49(10,11)12)59(26-32)27-33(61)21-52-43(65)73-47(4,5)6/h16,18,20,25-26,28-29,33,36,38,61H,17,19,21-24,27H2,1-15H3,(H3-,52,53,54,55,62,65,66,68,69,70)/b56-37-/t33?,36-,38-,51?/m1/s1. The maximum absolute atomic E-state index is 14.4. The van der Waals surface area contributed by atoms with Crippen molar-refractivity contribution in [3.8, 4) is 16.9 Å². The van der Waals surface area contributed by atoms with Gasteiger partial charge in [-0.2, -0.15) is 14.0 Å². The second-order valence-corrected chi connectivity index (χ2v) is 26.0. The van der Waals surface area contributed by atoms with E-state index in [4.69, 9.17) is 28.5 Å². The summed E-state index contributed by atoms with van der Waals surface area (Å²) in [5, 5.41) is 24.5. The summed E-state index contributed by atoms with van der Waals surface area (Å²) in [5.41, 5.74) is -5.44. The molecule has 79 heavy (non-hydrogen) atoms. The number of alkyl carbamates (subject to hydrolysis) is 1. The Morgan fingerprint density at radius 3 is 2.14 bits per heavy atom. The molecule has 436 valence electrons. The van der Waals surface area contributed by atoms with Crippen molar-refractivity contribution in [1.82, 2.24) is 30.3 Å². The summed E-state index contributed by atoms with van der Waals surface area (Å²) in [5.74, 6) is -2.64. The third-order valence-corrected chi connectivity index (χ3v) is 13.1. The molecule has 0 radical (unpaired) electrons. The summed E-state index contributed by atoms with van der Waals surface area (Å²) >= 11 is 0.878. The minimum absolute atomic E-state index is 0.0342. The first-order chi connectivity index (χ1) is 36.2. The molecule has 0 spiro atoms. The topological polar surface area (TPSA) is 321 Å². The normalized spacial score (nSPS) is 19.1. The monoisotopic (exact) mass is 1150 g/mol. The number of aryl methyl sites for hydroxylation is 1. The number of thiazole rings is 1. The lowest BCUT2D eigenvalue weighted by Crippen LogP contribution is -2.76. The lowest BCUT2D eigenvalue weighted by atomic mass is 9.84. The van der Waals surface area contributed by atoms with E-state index in [2.05, 4.69) is 30.4 Å². The molecule has 5 heterocycles. The van der Waals surface area contributed by atoms with Crippen LogP contribution in [0.3, 0.4) is 0 Å². The van der Waals surface area contributed by atoms with Gasteiger partial charge in [0.2, 0.25) is 16.6 Å². The highest BCUT2D eigenvalue weighted by Gasteiger charge is 2.58. The summed E-state index contributed by atoms with van der Waals surface area (Å²) in [6.45, 7) is 26.0. The molecule has 0 saturated carbocycles. The zero-order valence-corrected chi connectivity index (χ0v) is 48.8. The Labute approximate surface area is 463 Å². The maximum atomic E-state index is 14.4. The van der Waals surface area contributed by atoms with E-state index in [1.807, 2.05) is 33.9 Å². The Bertz CT molecular complexity index is 2920. The first kappa shape index (κ1) is 61.6. The molecule has 2 aromatic heterocycles.